The summed E-state index contributed by atoms with van der Waals surface area (Å²) in [7, 11) is 2.25. The van der Waals surface area contributed by atoms with Gasteiger partial charge in [0.2, 0.25) is 0 Å². The minimum Gasteiger partial charge on any atom is -0.857 e. The molecule has 0 aromatic carbocycles. The zero-order valence-electron chi connectivity index (χ0n) is 8.25. The SMILES string of the molecule is CCCC[O-].C[O-].C[O-].C[O-].[Ti+4]. The second-order valence-electron chi connectivity index (χ2n) is 1.06. The normalized spacial score (nSPS) is 5.00. The molecule has 0 aliphatic heterocycles. The molecule has 0 amide bonds. The van der Waals surface area contributed by atoms with E-state index in [1.165, 1.54) is 0 Å². The van der Waals surface area contributed by atoms with Crippen molar-refractivity contribution < 1.29 is 42.1 Å². The number of rotatable bonds is 2. The Morgan fingerprint density at radius 1 is 0.833 bits per heavy atom. The van der Waals surface area contributed by atoms with Crippen LogP contribution in [0.2, 0.25) is 0 Å². The fraction of sp³-hybridized carbons (Fsp3) is 1.00. The summed E-state index contributed by atoms with van der Waals surface area (Å²) in [6, 6.07) is 0. The first-order chi connectivity index (χ1) is 5.41. The molecule has 12 heavy (non-hydrogen) atoms. The van der Waals surface area contributed by atoms with Gasteiger partial charge < -0.3 is 20.4 Å². The molecule has 0 rings (SSSR count). The molecule has 0 aromatic heterocycles. The van der Waals surface area contributed by atoms with Gasteiger partial charge in [-0.15, -0.1) is 6.61 Å². The molecule has 0 saturated carbocycles. The van der Waals surface area contributed by atoms with E-state index in [1.807, 2.05) is 6.92 Å². The molecule has 0 aliphatic carbocycles. The molecular formula is C7H18O4Ti. The topological polar surface area (TPSA) is 92.2 Å². The van der Waals surface area contributed by atoms with Crippen molar-refractivity contribution in [1.82, 2.24) is 0 Å². The molecule has 0 fully saturated rings. The van der Waals surface area contributed by atoms with E-state index in [9.17, 15) is 5.11 Å². The minimum atomic E-state index is 0. The van der Waals surface area contributed by atoms with Crippen LogP contribution in [0, 0.1) is 0 Å². The van der Waals surface area contributed by atoms with E-state index in [0.717, 1.165) is 34.2 Å². The fourth-order valence-electron chi connectivity index (χ4n) is 0.144. The maximum Gasteiger partial charge on any atom is 4.00 e. The van der Waals surface area contributed by atoms with Gasteiger partial charge in [0.15, 0.2) is 0 Å². The third kappa shape index (κ3) is 148. The summed E-state index contributed by atoms with van der Waals surface area (Å²) in [5.41, 5.74) is 0. The molecule has 0 aromatic rings. The van der Waals surface area contributed by atoms with Crippen molar-refractivity contribution in [2.24, 2.45) is 0 Å². The molecule has 0 spiro atoms. The summed E-state index contributed by atoms with van der Waals surface area (Å²) >= 11 is 0. The van der Waals surface area contributed by atoms with Crippen molar-refractivity contribution in [3.63, 3.8) is 0 Å². The van der Waals surface area contributed by atoms with Gasteiger partial charge in [-0.3, -0.25) is 0 Å². The first-order valence-electron chi connectivity index (χ1n) is 3.22. The predicted octanol–water partition coefficient (Wildman–Crippen LogP) is -2.93. The second kappa shape index (κ2) is 102. The van der Waals surface area contributed by atoms with Gasteiger partial charge in [-0.1, -0.05) is 19.8 Å². The summed E-state index contributed by atoms with van der Waals surface area (Å²) in [6.45, 7) is 2.11. The number of hydrogen-bond acceptors (Lipinski definition) is 4. The first kappa shape index (κ1) is 29.4. The van der Waals surface area contributed by atoms with Crippen LogP contribution in [-0.4, -0.2) is 27.9 Å². The van der Waals surface area contributed by atoms with E-state index in [2.05, 4.69) is 0 Å². The van der Waals surface area contributed by atoms with Crippen LogP contribution in [0.4, 0.5) is 0 Å². The van der Waals surface area contributed by atoms with Crippen LogP contribution in [0.25, 0.3) is 0 Å². The molecule has 0 saturated heterocycles. The van der Waals surface area contributed by atoms with Crippen molar-refractivity contribution in [3.05, 3.63) is 0 Å². The van der Waals surface area contributed by atoms with Crippen molar-refractivity contribution in [3.8, 4) is 0 Å². The summed E-state index contributed by atoms with van der Waals surface area (Å²) in [4.78, 5) is 0. The van der Waals surface area contributed by atoms with Crippen molar-refractivity contribution in [2.75, 3.05) is 27.9 Å². The predicted molar refractivity (Wildman–Crippen MR) is 37.5 cm³/mol. The number of hydrogen-bond donors (Lipinski definition) is 0. The Bertz CT molecular complexity index is 22.9. The van der Waals surface area contributed by atoms with Crippen molar-refractivity contribution >= 4 is 0 Å². The Labute approximate surface area is 90.1 Å². The summed E-state index contributed by atoms with van der Waals surface area (Å²) in [6.07, 6.45) is 1.86. The largest absolute Gasteiger partial charge is 4.00 e. The zero-order chi connectivity index (χ0) is 10.1. The quantitative estimate of drug-likeness (QED) is 0.460. The molecular weight excluding hydrogens is 196 g/mol. The van der Waals surface area contributed by atoms with Gasteiger partial charge in [-0.25, -0.2) is 0 Å². The van der Waals surface area contributed by atoms with E-state index in [4.69, 9.17) is 15.3 Å². The molecule has 0 atom stereocenters. The molecule has 0 N–H and O–H groups in total. The monoisotopic (exact) mass is 214 g/mol. The van der Waals surface area contributed by atoms with Gasteiger partial charge in [0.05, 0.1) is 0 Å². The summed E-state index contributed by atoms with van der Waals surface area (Å²) in [5.74, 6) is 0. The molecule has 0 aliphatic rings. The van der Waals surface area contributed by atoms with Crippen LogP contribution in [-0.2, 0) is 21.7 Å². The molecule has 0 unspecified atom stereocenters. The Balaban J connectivity index is -0.0000000203. The average Bonchev–Trinajstić information content (AvgIpc) is 2.16. The van der Waals surface area contributed by atoms with Gasteiger partial charge >= 0.3 is 21.7 Å². The molecule has 5 heteroatoms. The molecule has 4 nitrogen and oxygen atoms in total. The summed E-state index contributed by atoms with van der Waals surface area (Å²) < 4.78 is 0. The van der Waals surface area contributed by atoms with E-state index < -0.39 is 0 Å². The zero-order valence-corrected chi connectivity index (χ0v) is 9.82. The van der Waals surface area contributed by atoms with E-state index in [0.29, 0.717) is 0 Å². The van der Waals surface area contributed by atoms with E-state index >= 15 is 0 Å². The molecule has 0 heterocycles. The molecule has 0 radical (unpaired) electrons. The fourth-order valence-corrected chi connectivity index (χ4v) is 0.144. The maximum atomic E-state index is 9.53. The van der Waals surface area contributed by atoms with E-state index in [-0.39, 0.29) is 28.3 Å². The third-order valence-corrected chi connectivity index (χ3v) is 0.498. The third-order valence-electron chi connectivity index (χ3n) is 0.498. The summed E-state index contributed by atoms with van der Waals surface area (Å²) in [5, 5.41) is 34.3. The van der Waals surface area contributed by atoms with Crippen LogP contribution >= 0.6 is 0 Å². The van der Waals surface area contributed by atoms with Crippen LogP contribution in [0.5, 0.6) is 0 Å². The van der Waals surface area contributed by atoms with Crippen LogP contribution < -0.4 is 20.4 Å². The second-order valence-corrected chi connectivity index (χ2v) is 1.06. The minimum absolute atomic E-state index is 0. The Morgan fingerprint density at radius 3 is 1.08 bits per heavy atom. The van der Waals surface area contributed by atoms with Gasteiger partial charge in [-0.2, -0.15) is 21.3 Å². The maximum absolute atomic E-state index is 9.53. The van der Waals surface area contributed by atoms with Gasteiger partial charge in [0.1, 0.15) is 0 Å². The molecule has 74 valence electrons. The van der Waals surface area contributed by atoms with E-state index in [1.54, 1.807) is 0 Å². The first-order valence-corrected chi connectivity index (χ1v) is 3.22. The molecule has 0 bridgehead atoms. The van der Waals surface area contributed by atoms with Crippen LogP contribution in [0.1, 0.15) is 19.8 Å². The Kier molecular flexibility index (Phi) is 249. The Hall–Kier alpha value is 0.554. The van der Waals surface area contributed by atoms with Gasteiger partial charge in [-0.05, 0) is 0 Å². The average molecular weight is 214 g/mol. The van der Waals surface area contributed by atoms with Crippen LogP contribution in [0.15, 0.2) is 0 Å². The van der Waals surface area contributed by atoms with Gasteiger partial charge in [0, 0.05) is 0 Å². The van der Waals surface area contributed by atoms with Gasteiger partial charge in [0.25, 0.3) is 0 Å². The number of unbranched alkanes of at least 4 members (excludes halogenated alkanes) is 1. The smallest absolute Gasteiger partial charge is 0.857 e. The Morgan fingerprint density at radius 2 is 1.08 bits per heavy atom. The van der Waals surface area contributed by atoms with Crippen LogP contribution in [0.3, 0.4) is 0 Å². The standard InChI is InChI=1S/C4H9O.3CH3O.Ti/c1-2-3-4-5;3*1-2;/h2-4H2,1H3;3*1H3;/q4*-1;+4. The van der Waals surface area contributed by atoms with Crippen molar-refractivity contribution in [1.29, 1.82) is 0 Å². The van der Waals surface area contributed by atoms with Crippen molar-refractivity contribution in [2.45, 2.75) is 19.8 Å².